The number of nitrogens with zero attached hydrogens (tertiary/aromatic N) is 5. The van der Waals surface area contributed by atoms with Crippen molar-refractivity contribution in [1.29, 1.82) is 0 Å². The number of aromatic nitrogens is 2. The molecule has 0 saturated carbocycles. The number of hydrogen-bond donors (Lipinski definition) is 0. The van der Waals surface area contributed by atoms with E-state index < -0.39 is 0 Å². The number of anilines is 3. The smallest absolute Gasteiger partial charge is 0.153 e. The van der Waals surface area contributed by atoms with Crippen molar-refractivity contribution >= 4 is 47.0 Å². The van der Waals surface area contributed by atoms with Gasteiger partial charge in [0.25, 0.3) is 0 Å². The molecular formula is C29H30ClN5O. The maximum absolute atomic E-state index is 12.0. The molecule has 1 saturated heterocycles. The van der Waals surface area contributed by atoms with Gasteiger partial charge in [0.15, 0.2) is 6.29 Å². The van der Waals surface area contributed by atoms with E-state index in [2.05, 4.69) is 63.4 Å². The van der Waals surface area contributed by atoms with Crippen LogP contribution in [0.15, 0.2) is 60.4 Å². The largest absolute Gasteiger partial charge is 0.355 e. The number of carbonyl (C=O) groups excluding carboxylic acids is 1. The zero-order chi connectivity index (χ0) is 25.4. The molecule has 0 atom stereocenters. The summed E-state index contributed by atoms with van der Waals surface area (Å²) in [6.45, 7) is 9.94. The number of fused-ring (bicyclic) bond motifs is 1. The van der Waals surface area contributed by atoms with Gasteiger partial charge < -0.3 is 4.90 Å². The molecule has 0 N–H and O–H groups in total. The average Bonchev–Trinajstić information content (AvgIpc) is 3.14. The van der Waals surface area contributed by atoms with Gasteiger partial charge in [-0.1, -0.05) is 36.4 Å². The molecule has 2 aromatic carbocycles. The summed E-state index contributed by atoms with van der Waals surface area (Å²) in [7, 11) is 1.81. The molecule has 1 fully saturated rings. The van der Waals surface area contributed by atoms with Crippen molar-refractivity contribution in [1.82, 2.24) is 9.97 Å². The number of rotatable bonds is 5. The molecule has 2 aliphatic heterocycles. The summed E-state index contributed by atoms with van der Waals surface area (Å²) in [6, 6.07) is 12.3. The van der Waals surface area contributed by atoms with Crippen molar-refractivity contribution in [2.45, 2.75) is 38.0 Å². The van der Waals surface area contributed by atoms with E-state index in [1.54, 1.807) is 18.3 Å². The fourth-order valence-electron chi connectivity index (χ4n) is 5.53. The van der Waals surface area contributed by atoms with Crippen molar-refractivity contribution in [2.75, 3.05) is 29.9 Å². The first-order valence-corrected chi connectivity index (χ1v) is 12.6. The van der Waals surface area contributed by atoms with E-state index in [0.29, 0.717) is 16.5 Å². The highest BCUT2D eigenvalue weighted by Crippen LogP contribution is 2.48. The molecule has 7 heteroatoms. The minimum atomic E-state index is -0.301. The Bertz CT molecular complexity index is 1340. The van der Waals surface area contributed by atoms with Crippen LogP contribution in [0.2, 0.25) is 5.02 Å². The van der Waals surface area contributed by atoms with Crippen LogP contribution in [-0.4, -0.2) is 42.2 Å². The minimum absolute atomic E-state index is 0.301. The molecule has 0 aliphatic carbocycles. The fraction of sp³-hybridized carbons (Fsp3) is 0.310. The summed E-state index contributed by atoms with van der Waals surface area (Å²) < 4.78 is 0. The van der Waals surface area contributed by atoms with Crippen LogP contribution in [0, 0.1) is 0 Å². The highest BCUT2D eigenvalue weighted by atomic mass is 35.5. The predicted molar refractivity (Wildman–Crippen MR) is 148 cm³/mol. The van der Waals surface area contributed by atoms with Gasteiger partial charge in [-0.3, -0.25) is 19.7 Å². The molecule has 0 amide bonds. The second-order valence-electron chi connectivity index (χ2n) is 9.84. The van der Waals surface area contributed by atoms with Gasteiger partial charge in [0, 0.05) is 25.6 Å². The predicted octanol–water partition coefficient (Wildman–Crippen LogP) is 6.43. The van der Waals surface area contributed by atoms with Crippen molar-refractivity contribution < 1.29 is 4.79 Å². The molecule has 0 bridgehead atoms. The molecule has 184 valence electrons. The number of aldehydes is 1. The van der Waals surface area contributed by atoms with E-state index in [9.17, 15) is 4.79 Å². The van der Waals surface area contributed by atoms with E-state index in [4.69, 9.17) is 11.6 Å². The Labute approximate surface area is 217 Å². The lowest BCUT2D eigenvalue weighted by atomic mass is 9.83. The van der Waals surface area contributed by atoms with Gasteiger partial charge in [-0.2, -0.15) is 0 Å². The summed E-state index contributed by atoms with van der Waals surface area (Å²) >= 11 is 6.41. The summed E-state index contributed by atoms with van der Waals surface area (Å²) in [5.74, 6) is 2.24. The highest BCUT2D eigenvalue weighted by molar-refractivity contribution is 6.34. The molecule has 3 heterocycles. The number of hydrogen-bond acceptors (Lipinski definition) is 5. The van der Waals surface area contributed by atoms with Crippen LogP contribution in [0.5, 0.6) is 0 Å². The standard InChI is InChI=1S/C29H30ClN5O/c1-5-21-16-33-27(17-32-21)34-13-11-19(12-14-34)20-9-10-23-26(15-20)35(28(31-4)29(23,2)3)25-8-6-7-24(30)22(25)18-36/h5-10,15-19H,1,11-14H2,2-4H3. The Morgan fingerprint density at radius 3 is 2.53 bits per heavy atom. The molecule has 1 aromatic heterocycles. The van der Waals surface area contributed by atoms with Crippen LogP contribution in [0.25, 0.3) is 6.08 Å². The summed E-state index contributed by atoms with van der Waals surface area (Å²) in [5.41, 5.74) is 5.28. The van der Waals surface area contributed by atoms with E-state index >= 15 is 0 Å². The third kappa shape index (κ3) is 3.99. The second-order valence-corrected chi connectivity index (χ2v) is 10.2. The van der Waals surface area contributed by atoms with Crippen LogP contribution in [0.1, 0.15) is 59.8 Å². The second kappa shape index (κ2) is 9.51. The number of carbonyl (C=O) groups is 1. The monoisotopic (exact) mass is 499 g/mol. The van der Waals surface area contributed by atoms with Gasteiger partial charge in [0.05, 0.1) is 40.0 Å². The number of piperidine rings is 1. The normalized spacial score (nSPS) is 18.4. The topological polar surface area (TPSA) is 61.7 Å². The molecule has 0 spiro atoms. The van der Waals surface area contributed by atoms with Crippen LogP contribution in [0.3, 0.4) is 0 Å². The van der Waals surface area contributed by atoms with Gasteiger partial charge >= 0.3 is 0 Å². The number of amidine groups is 1. The van der Waals surface area contributed by atoms with Crippen LogP contribution in [-0.2, 0) is 5.41 Å². The Kier molecular flexibility index (Phi) is 6.39. The lowest BCUT2D eigenvalue weighted by Crippen LogP contribution is -2.34. The highest BCUT2D eigenvalue weighted by Gasteiger charge is 2.43. The molecule has 0 unspecified atom stereocenters. The number of halogens is 1. The summed E-state index contributed by atoms with van der Waals surface area (Å²) in [5, 5.41) is 0.442. The van der Waals surface area contributed by atoms with E-state index in [1.807, 2.05) is 25.4 Å². The lowest BCUT2D eigenvalue weighted by Gasteiger charge is -2.33. The van der Waals surface area contributed by atoms with Crippen molar-refractivity contribution in [3.8, 4) is 0 Å². The maximum Gasteiger partial charge on any atom is 0.153 e. The first-order valence-electron chi connectivity index (χ1n) is 12.2. The maximum atomic E-state index is 12.0. The molecule has 3 aromatic rings. The first kappa shape index (κ1) is 24.2. The van der Waals surface area contributed by atoms with Crippen molar-refractivity contribution in [3.63, 3.8) is 0 Å². The Morgan fingerprint density at radius 2 is 1.89 bits per heavy atom. The van der Waals surface area contributed by atoms with E-state index in [1.165, 1.54) is 11.1 Å². The quantitative estimate of drug-likeness (QED) is 0.379. The zero-order valence-corrected chi connectivity index (χ0v) is 21.7. The molecule has 0 radical (unpaired) electrons. The van der Waals surface area contributed by atoms with Gasteiger partial charge in [-0.25, -0.2) is 4.98 Å². The third-order valence-electron chi connectivity index (χ3n) is 7.46. The van der Waals surface area contributed by atoms with Gasteiger partial charge in [0.2, 0.25) is 0 Å². The molecular weight excluding hydrogens is 470 g/mol. The van der Waals surface area contributed by atoms with Crippen LogP contribution >= 0.6 is 11.6 Å². The van der Waals surface area contributed by atoms with Crippen LogP contribution in [0.4, 0.5) is 17.2 Å². The SMILES string of the molecule is C=Cc1cnc(N2CCC(c3ccc4c(c3)N(c3cccc(Cl)c3C=O)C(=NC)C4(C)C)CC2)cn1. The van der Waals surface area contributed by atoms with Gasteiger partial charge in [-0.15, -0.1) is 0 Å². The average molecular weight is 500 g/mol. The van der Waals surface area contributed by atoms with Crippen molar-refractivity contribution in [3.05, 3.63) is 82.8 Å². The zero-order valence-electron chi connectivity index (χ0n) is 20.9. The third-order valence-corrected chi connectivity index (χ3v) is 7.79. The van der Waals surface area contributed by atoms with E-state index in [0.717, 1.165) is 60.9 Å². The Morgan fingerprint density at radius 1 is 1.11 bits per heavy atom. The fourth-order valence-corrected chi connectivity index (χ4v) is 5.75. The van der Waals surface area contributed by atoms with E-state index in [-0.39, 0.29) is 5.41 Å². The Balaban J connectivity index is 1.47. The molecule has 6 nitrogen and oxygen atoms in total. The molecule has 5 rings (SSSR count). The lowest BCUT2D eigenvalue weighted by molar-refractivity contribution is 0.112. The molecule has 36 heavy (non-hydrogen) atoms. The number of benzene rings is 2. The molecule has 2 aliphatic rings. The summed E-state index contributed by atoms with van der Waals surface area (Å²) in [6.07, 6.45) is 8.18. The Hall–Kier alpha value is -3.51. The number of aliphatic imine (C=N–C) groups is 1. The van der Waals surface area contributed by atoms with Gasteiger partial charge in [0.1, 0.15) is 11.7 Å². The van der Waals surface area contributed by atoms with Gasteiger partial charge in [-0.05, 0) is 68.0 Å². The van der Waals surface area contributed by atoms with Crippen molar-refractivity contribution in [2.24, 2.45) is 4.99 Å². The summed E-state index contributed by atoms with van der Waals surface area (Å²) in [4.78, 5) is 30.0. The first-order chi connectivity index (χ1) is 17.4. The minimum Gasteiger partial charge on any atom is -0.355 e. The van der Waals surface area contributed by atoms with Crippen LogP contribution < -0.4 is 9.80 Å².